The summed E-state index contributed by atoms with van der Waals surface area (Å²) < 4.78 is 6.09. The fourth-order valence-corrected chi connectivity index (χ4v) is 2.84. The molecule has 0 N–H and O–H groups in total. The van der Waals surface area contributed by atoms with Crippen LogP contribution in [0, 0.1) is 12.8 Å². The predicted octanol–water partition coefficient (Wildman–Crippen LogP) is 3.34. The summed E-state index contributed by atoms with van der Waals surface area (Å²) >= 11 is 0. The highest BCUT2D eigenvalue weighted by Crippen LogP contribution is 2.36. The molecule has 0 bridgehead atoms. The molecule has 2 fully saturated rings. The zero-order chi connectivity index (χ0) is 9.10. The van der Waals surface area contributed by atoms with E-state index in [4.69, 9.17) is 4.74 Å². The van der Waals surface area contributed by atoms with Crippen LogP contribution in [0.4, 0.5) is 0 Å². The van der Waals surface area contributed by atoms with Gasteiger partial charge < -0.3 is 4.74 Å². The highest BCUT2D eigenvalue weighted by Gasteiger charge is 2.32. The average molecular weight is 181 g/mol. The lowest BCUT2D eigenvalue weighted by Gasteiger charge is -2.39. The van der Waals surface area contributed by atoms with Crippen molar-refractivity contribution in [1.29, 1.82) is 0 Å². The normalized spacial score (nSPS) is 39.9. The third-order valence-corrected chi connectivity index (χ3v) is 3.59. The first-order chi connectivity index (χ1) is 6.40. The van der Waals surface area contributed by atoms with Gasteiger partial charge in [-0.3, -0.25) is 0 Å². The molecule has 1 saturated heterocycles. The molecule has 1 heteroatoms. The zero-order valence-electron chi connectivity index (χ0n) is 8.50. The number of fused-ring (bicyclic) bond motifs is 1. The van der Waals surface area contributed by atoms with E-state index in [2.05, 4.69) is 6.92 Å². The first kappa shape index (κ1) is 9.51. The Hall–Kier alpha value is -0.0400. The van der Waals surface area contributed by atoms with E-state index in [9.17, 15) is 0 Å². The van der Waals surface area contributed by atoms with E-state index < -0.39 is 0 Å². The molecule has 2 rings (SSSR count). The molecule has 13 heavy (non-hydrogen) atoms. The highest BCUT2D eigenvalue weighted by atomic mass is 16.5. The van der Waals surface area contributed by atoms with Gasteiger partial charge in [-0.05, 0) is 38.0 Å². The summed E-state index contributed by atoms with van der Waals surface area (Å²) in [6, 6.07) is 0. The van der Waals surface area contributed by atoms with Gasteiger partial charge in [-0.2, -0.15) is 0 Å². The Bertz CT molecular complexity index is 155. The summed E-state index contributed by atoms with van der Waals surface area (Å²) in [4.78, 5) is 0. The molecule has 75 valence electrons. The summed E-state index contributed by atoms with van der Waals surface area (Å²) in [7, 11) is 0. The van der Waals surface area contributed by atoms with E-state index in [1.54, 1.807) is 0 Å². The van der Waals surface area contributed by atoms with Crippen LogP contribution in [0.1, 0.15) is 51.4 Å². The Labute approximate surface area is 81.9 Å². The van der Waals surface area contributed by atoms with Gasteiger partial charge in [-0.1, -0.05) is 26.2 Å². The van der Waals surface area contributed by atoms with Crippen LogP contribution >= 0.6 is 0 Å². The second-order valence-electron chi connectivity index (χ2n) is 4.56. The lowest BCUT2D eigenvalue weighted by atomic mass is 9.80. The van der Waals surface area contributed by atoms with Gasteiger partial charge in [-0.15, -0.1) is 0 Å². The van der Waals surface area contributed by atoms with Crippen LogP contribution in [0.2, 0.25) is 0 Å². The van der Waals surface area contributed by atoms with Crippen molar-refractivity contribution in [2.24, 2.45) is 5.92 Å². The van der Waals surface area contributed by atoms with Crippen LogP contribution in [0.3, 0.4) is 0 Å². The van der Waals surface area contributed by atoms with Crippen LogP contribution in [-0.2, 0) is 4.74 Å². The van der Waals surface area contributed by atoms with Gasteiger partial charge >= 0.3 is 0 Å². The minimum atomic E-state index is 0.539. The average Bonchev–Trinajstić information content (AvgIpc) is 2.18. The molecule has 1 aliphatic heterocycles. The molecule has 3 unspecified atom stereocenters. The van der Waals surface area contributed by atoms with Gasteiger partial charge in [0.15, 0.2) is 0 Å². The molecule has 0 aromatic rings. The molecule has 1 heterocycles. The largest absolute Gasteiger partial charge is 0.375 e. The minimum Gasteiger partial charge on any atom is -0.375 e. The molecule has 2 aliphatic rings. The van der Waals surface area contributed by atoms with Crippen molar-refractivity contribution in [3.63, 3.8) is 0 Å². The first-order valence-electron chi connectivity index (χ1n) is 5.85. The van der Waals surface area contributed by atoms with E-state index in [1.165, 1.54) is 44.9 Å². The number of hydrogen-bond acceptors (Lipinski definition) is 1. The van der Waals surface area contributed by atoms with Gasteiger partial charge in [-0.25, -0.2) is 0 Å². The lowest BCUT2D eigenvalue weighted by Crippen LogP contribution is -2.37. The van der Waals surface area contributed by atoms with Crippen LogP contribution in [0.25, 0.3) is 0 Å². The van der Waals surface area contributed by atoms with Crippen molar-refractivity contribution in [2.75, 3.05) is 0 Å². The standard InChI is InChI=1S/C12H21O/c1-2-5-11-9-8-10-6-3-4-7-12(10)13-11/h10-12H,1-9H2. The lowest BCUT2D eigenvalue weighted by molar-refractivity contribution is -0.101. The molecule has 0 aromatic carbocycles. The summed E-state index contributed by atoms with van der Waals surface area (Å²) in [5.41, 5.74) is 0. The van der Waals surface area contributed by atoms with E-state index in [0.717, 1.165) is 12.3 Å². The Kier molecular flexibility index (Phi) is 3.26. The van der Waals surface area contributed by atoms with E-state index >= 15 is 0 Å². The SMILES string of the molecule is [CH2]CCC1CCC2CCCCC2O1. The molecule has 0 aromatic heterocycles. The maximum absolute atomic E-state index is 6.09. The third kappa shape index (κ3) is 2.25. The van der Waals surface area contributed by atoms with Crippen molar-refractivity contribution in [3.05, 3.63) is 6.92 Å². The molecule has 0 spiro atoms. The molecule has 1 radical (unpaired) electrons. The van der Waals surface area contributed by atoms with E-state index in [0.29, 0.717) is 12.2 Å². The summed E-state index contributed by atoms with van der Waals surface area (Å²) in [5.74, 6) is 0.898. The molecular formula is C12H21O. The number of ether oxygens (including phenoxy) is 1. The molecule has 1 aliphatic carbocycles. The fraction of sp³-hybridized carbons (Fsp3) is 0.917. The fourth-order valence-electron chi connectivity index (χ4n) is 2.84. The van der Waals surface area contributed by atoms with E-state index in [-0.39, 0.29) is 0 Å². The topological polar surface area (TPSA) is 9.23 Å². The minimum absolute atomic E-state index is 0.539. The third-order valence-electron chi connectivity index (χ3n) is 3.59. The van der Waals surface area contributed by atoms with Crippen molar-refractivity contribution in [2.45, 2.75) is 63.6 Å². The van der Waals surface area contributed by atoms with Crippen LogP contribution < -0.4 is 0 Å². The van der Waals surface area contributed by atoms with Crippen molar-refractivity contribution in [1.82, 2.24) is 0 Å². The van der Waals surface area contributed by atoms with Gasteiger partial charge in [0.2, 0.25) is 0 Å². The Balaban J connectivity index is 1.84. The zero-order valence-corrected chi connectivity index (χ0v) is 8.50. The van der Waals surface area contributed by atoms with Crippen LogP contribution in [-0.4, -0.2) is 12.2 Å². The van der Waals surface area contributed by atoms with Gasteiger partial charge in [0.05, 0.1) is 12.2 Å². The number of rotatable bonds is 2. The molecule has 1 nitrogen and oxygen atoms in total. The first-order valence-corrected chi connectivity index (χ1v) is 5.85. The van der Waals surface area contributed by atoms with Gasteiger partial charge in [0, 0.05) is 0 Å². The van der Waals surface area contributed by atoms with Crippen molar-refractivity contribution < 1.29 is 4.74 Å². The van der Waals surface area contributed by atoms with Crippen molar-refractivity contribution in [3.8, 4) is 0 Å². The maximum atomic E-state index is 6.09. The van der Waals surface area contributed by atoms with Crippen LogP contribution in [0.5, 0.6) is 0 Å². The smallest absolute Gasteiger partial charge is 0.0607 e. The Morgan fingerprint density at radius 2 is 1.92 bits per heavy atom. The summed E-state index contributed by atoms with van der Waals surface area (Å²) in [5, 5.41) is 0. The Morgan fingerprint density at radius 3 is 2.77 bits per heavy atom. The second-order valence-corrected chi connectivity index (χ2v) is 4.56. The highest BCUT2D eigenvalue weighted by molar-refractivity contribution is 4.82. The maximum Gasteiger partial charge on any atom is 0.0607 e. The molecule has 0 amide bonds. The molecular weight excluding hydrogens is 160 g/mol. The monoisotopic (exact) mass is 181 g/mol. The quantitative estimate of drug-likeness (QED) is 0.635. The molecule has 1 saturated carbocycles. The molecule has 3 atom stereocenters. The van der Waals surface area contributed by atoms with Gasteiger partial charge in [0.25, 0.3) is 0 Å². The summed E-state index contributed by atoms with van der Waals surface area (Å²) in [6.07, 6.45) is 11.6. The predicted molar refractivity (Wildman–Crippen MR) is 54.4 cm³/mol. The Morgan fingerprint density at radius 1 is 1.08 bits per heavy atom. The van der Waals surface area contributed by atoms with Crippen molar-refractivity contribution >= 4 is 0 Å². The van der Waals surface area contributed by atoms with Gasteiger partial charge in [0.1, 0.15) is 0 Å². The van der Waals surface area contributed by atoms with Crippen LogP contribution in [0.15, 0.2) is 0 Å². The number of hydrogen-bond donors (Lipinski definition) is 0. The van der Waals surface area contributed by atoms with E-state index in [1.807, 2.05) is 0 Å². The summed E-state index contributed by atoms with van der Waals surface area (Å²) in [6.45, 7) is 3.90. The second kappa shape index (κ2) is 4.45.